The number of hydrogen-bond acceptors (Lipinski definition) is 6. The minimum Gasteiger partial charge on any atom is -0.402 e. The van der Waals surface area contributed by atoms with Crippen LogP contribution >= 0.6 is 0 Å². The van der Waals surface area contributed by atoms with Gasteiger partial charge in [0.25, 0.3) is 10.0 Å². The number of aromatic nitrogens is 2. The highest BCUT2D eigenvalue weighted by Gasteiger charge is 2.23. The van der Waals surface area contributed by atoms with Gasteiger partial charge in [0, 0.05) is 6.07 Å². The van der Waals surface area contributed by atoms with E-state index in [1.807, 2.05) is 12.1 Å². The van der Waals surface area contributed by atoms with Crippen LogP contribution in [0, 0.1) is 5.82 Å². The molecule has 152 valence electrons. The van der Waals surface area contributed by atoms with Crippen molar-refractivity contribution in [3.63, 3.8) is 0 Å². The Balaban J connectivity index is 1.83. The van der Waals surface area contributed by atoms with E-state index in [0.29, 0.717) is 4.09 Å². The molecule has 1 aromatic heterocycles. The lowest BCUT2D eigenvalue weighted by Gasteiger charge is -2.18. The molecule has 0 atom stereocenters. The number of halogens is 1. The molecule has 0 radical (unpaired) electrons. The van der Waals surface area contributed by atoms with Crippen LogP contribution in [-0.2, 0) is 15.4 Å². The normalized spacial score (nSPS) is 12.0. The molecule has 2 N–H and O–H groups in total. The van der Waals surface area contributed by atoms with Crippen molar-refractivity contribution in [1.29, 1.82) is 0 Å². The summed E-state index contributed by atoms with van der Waals surface area (Å²) in [5.41, 5.74) is 7.00. The maximum absolute atomic E-state index is 13.1. The Hall–Kier alpha value is -3.20. The summed E-state index contributed by atoms with van der Waals surface area (Å²) in [6.07, 6.45) is 0. The standard InChI is InChI=1S/C20H20FN3O4S/c1-20(2,3)14-6-4-13(5-7-14)19(25)28-18-12-17(22)24(23-18)29(26,27)16-10-8-15(21)9-11-16/h4-12H,22H2,1-3H3. The molecule has 0 saturated carbocycles. The number of benzene rings is 2. The van der Waals surface area contributed by atoms with Gasteiger partial charge in [-0.25, -0.2) is 9.18 Å². The first-order chi connectivity index (χ1) is 13.5. The highest BCUT2D eigenvalue weighted by Crippen LogP contribution is 2.24. The zero-order valence-corrected chi connectivity index (χ0v) is 16.9. The molecular formula is C20H20FN3O4S. The highest BCUT2D eigenvalue weighted by atomic mass is 32.2. The smallest absolute Gasteiger partial charge is 0.344 e. The third kappa shape index (κ3) is 4.29. The number of rotatable bonds is 4. The van der Waals surface area contributed by atoms with Gasteiger partial charge in [0.05, 0.1) is 10.5 Å². The summed E-state index contributed by atoms with van der Waals surface area (Å²) in [5.74, 6) is -1.79. The van der Waals surface area contributed by atoms with Crippen LogP contribution in [-0.4, -0.2) is 23.6 Å². The summed E-state index contributed by atoms with van der Waals surface area (Å²) < 4.78 is 44.0. The van der Waals surface area contributed by atoms with E-state index >= 15 is 0 Å². The van der Waals surface area contributed by atoms with Gasteiger partial charge in [-0.05, 0) is 47.4 Å². The lowest BCUT2D eigenvalue weighted by Crippen LogP contribution is -2.17. The molecule has 0 aliphatic rings. The van der Waals surface area contributed by atoms with Gasteiger partial charge in [-0.15, -0.1) is 9.19 Å². The van der Waals surface area contributed by atoms with Gasteiger partial charge >= 0.3 is 5.97 Å². The second-order valence-corrected chi connectivity index (χ2v) is 9.19. The van der Waals surface area contributed by atoms with E-state index in [0.717, 1.165) is 35.9 Å². The van der Waals surface area contributed by atoms with Crippen LogP contribution in [0.2, 0.25) is 0 Å². The average molecular weight is 417 g/mol. The van der Waals surface area contributed by atoms with Crippen molar-refractivity contribution >= 4 is 21.8 Å². The third-order valence-electron chi connectivity index (χ3n) is 4.20. The third-order valence-corrected chi connectivity index (χ3v) is 5.82. The van der Waals surface area contributed by atoms with Gasteiger partial charge in [0.1, 0.15) is 11.6 Å². The van der Waals surface area contributed by atoms with Crippen LogP contribution in [0.25, 0.3) is 0 Å². The van der Waals surface area contributed by atoms with Crippen LogP contribution in [0.4, 0.5) is 10.2 Å². The predicted octanol–water partition coefficient (Wildman–Crippen LogP) is 3.36. The fraction of sp³-hybridized carbons (Fsp3) is 0.200. The van der Waals surface area contributed by atoms with Crippen LogP contribution in [0.1, 0.15) is 36.7 Å². The van der Waals surface area contributed by atoms with Crippen molar-refractivity contribution in [2.45, 2.75) is 31.1 Å². The van der Waals surface area contributed by atoms with Gasteiger partial charge in [-0.3, -0.25) is 0 Å². The number of carbonyl (C=O) groups excluding carboxylic acids is 1. The zero-order chi connectivity index (χ0) is 21.4. The summed E-state index contributed by atoms with van der Waals surface area (Å²) >= 11 is 0. The minimum absolute atomic E-state index is 0.0651. The van der Waals surface area contributed by atoms with Gasteiger partial charge < -0.3 is 10.5 Å². The molecule has 0 spiro atoms. The van der Waals surface area contributed by atoms with Gasteiger partial charge in [-0.1, -0.05) is 32.9 Å². The SMILES string of the molecule is CC(C)(C)c1ccc(C(=O)Oc2cc(N)n(S(=O)(=O)c3ccc(F)cc3)n2)cc1. The van der Waals surface area contributed by atoms with E-state index < -0.39 is 21.8 Å². The van der Waals surface area contributed by atoms with E-state index in [1.54, 1.807) is 12.1 Å². The quantitative estimate of drug-likeness (QED) is 0.653. The Morgan fingerprint density at radius 3 is 2.21 bits per heavy atom. The molecule has 1 heterocycles. The molecule has 0 aliphatic heterocycles. The Morgan fingerprint density at radius 2 is 1.66 bits per heavy atom. The zero-order valence-electron chi connectivity index (χ0n) is 16.1. The fourth-order valence-corrected chi connectivity index (χ4v) is 3.76. The molecule has 3 rings (SSSR count). The topological polar surface area (TPSA) is 104 Å². The molecule has 7 nitrogen and oxygen atoms in total. The Labute approximate surface area is 168 Å². The second kappa shape index (κ2) is 7.32. The van der Waals surface area contributed by atoms with Crippen LogP contribution in [0.5, 0.6) is 5.88 Å². The first-order valence-corrected chi connectivity index (χ1v) is 10.1. The Bertz CT molecular complexity index is 1150. The van der Waals surface area contributed by atoms with Crippen LogP contribution in [0.15, 0.2) is 59.5 Å². The van der Waals surface area contributed by atoms with E-state index in [1.165, 1.54) is 0 Å². The lowest BCUT2D eigenvalue weighted by molar-refractivity contribution is 0.0727. The number of carbonyl (C=O) groups is 1. The number of ether oxygens (including phenoxy) is 1. The Morgan fingerprint density at radius 1 is 1.07 bits per heavy atom. The van der Waals surface area contributed by atoms with E-state index in [2.05, 4.69) is 25.9 Å². The van der Waals surface area contributed by atoms with Crippen molar-refractivity contribution in [2.24, 2.45) is 0 Å². The molecule has 0 aliphatic carbocycles. The molecule has 0 amide bonds. The minimum atomic E-state index is -4.17. The van der Waals surface area contributed by atoms with Crippen molar-refractivity contribution in [1.82, 2.24) is 9.19 Å². The average Bonchev–Trinajstić information content (AvgIpc) is 3.02. The Kier molecular flexibility index (Phi) is 5.18. The van der Waals surface area contributed by atoms with Gasteiger partial charge in [0.2, 0.25) is 5.88 Å². The van der Waals surface area contributed by atoms with Crippen molar-refractivity contribution in [3.05, 3.63) is 71.5 Å². The molecular weight excluding hydrogens is 397 g/mol. The predicted molar refractivity (Wildman–Crippen MR) is 106 cm³/mol. The largest absolute Gasteiger partial charge is 0.402 e. The molecule has 3 aromatic rings. The number of hydrogen-bond donors (Lipinski definition) is 1. The van der Waals surface area contributed by atoms with Crippen LogP contribution in [0.3, 0.4) is 0 Å². The summed E-state index contributed by atoms with van der Waals surface area (Å²) in [5, 5.41) is 3.77. The number of anilines is 1. The van der Waals surface area contributed by atoms with Gasteiger partial charge in [-0.2, -0.15) is 8.42 Å². The first-order valence-electron chi connectivity index (χ1n) is 8.68. The second-order valence-electron chi connectivity index (χ2n) is 7.43. The summed E-state index contributed by atoms with van der Waals surface area (Å²) in [6, 6.07) is 12.2. The molecule has 0 bridgehead atoms. The van der Waals surface area contributed by atoms with E-state index in [-0.39, 0.29) is 27.6 Å². The van der Waals surface area contributed by atoms with Crippen molar-refractivity contribution in [2.75, 3.05) is 5.73 Å². The molecule has 0 unspecified atom stereocenters. The van der Waals surface area contributed by atoms with Crippen LogP contribution < -0.4 is 10.5 Å². The van der Waals surface area contributed by atoms with E-state index in [4.69, 9.17) is 10.5 Å². The number of esters is 1. The molecule has 0 saturated heterocycles. The number of nitrogens with two attached hydrogens (primary N) is 1. The summed E-state index contributed by atoms with van der Waals surface area (Å²) in [7, 11) is -4.17. The first kappa shape index (κ1) is 20.5. The summed E-state index contributed by atoms with van der Waals surface area (Å²) in [6.45, 7) is 6.16. The van der Waals surface area contributed by atoms with Gasteiger partial charge in [0.15, 0.2) is 0 Å². The number of nitrogens with zero attached hydrogens (tertiary/aromatic N) is 2. The molecule has 9 heteroatoms. The maximum Gasteiger partial charge on any atom is 0.344 e. The summed E-state index contributed by atoms with van der Waals surface area (Å²) in [4.78, 5) is 12.1. The fourth-order valence-electron chi connectivity index (χ4n) is 2.57. The lowest BCUT2D eigenvalue weighted by atomic mass is 9.87. The number of nitrogen functional groups attached to an aromatic ring is 1. The van der Waals surface area contributed by atoms with E-state index in [9.17, 15) is 17.6 Å². The maximum atomic E-state index is 13.1. The molecule has 2 aromatic carbocycles. The van der Waals surface area contributed by atoms with Crippen molar-refractivity contribution in [3.8, 4) is 5.88 Å². The monoisotopic (exact) mass is 417 g/mol. The molecule has 29 heavy (non-hydrogen) atoms. The van der Waals surface area contributed by atoms with Crippen molar-refractivity contribution < 1.29 is 22.3 Å². The highest BCUT2D eigenvalue weighted by molar-refractivity contribution is 7.90. The molecule has 0 fully saturated rings.